The maximum absolute atomic E-state index is 12.4. The third-order valence-electron chi connectivity index (χ3n) is 4.21. The standard InChI is InChI=1S/C20H25N3O3/c1-3-9-23-14-16(12-21-23)13-22(19(24)4-2)15-17-7-5-8-18-20(17)26-11-6-10-25-18/h4-5,7-8,12,14H,2-3,6,9-11,13,15H2,1H3. The Hall–Kier alpha value is -2.76. The molecule has 0 aliphatic carbocycles. The van der Waals surface area contributed by atoms with Crippen LogP contribution in [0.1, 0.15) is 30.9 Å². The van der Waals surface area contributed by atoms with Crippen molar-refractivity contribution >= 4 is 5.91 Å². The summed E-state index contributed by atoms with van der Waals surface area (Å²) in [5.74, 6) is 1.34. The molecule has 0 radical (unpaired) electrons. The van der Waals surface area contributed by atoms with Gasteiger partial charge in [-0.25, -0.2) is 0 Å². The van der Waals surface area contributed by atoms with Crippen LogP contribution in [0.4, 0.5) is 0 Å². The number of benzene rings is 1. The zero-order valence-corrected chi connectivity index (χ0v) is 15.2. The number of carbonyl (C=O) groups is 1. The van der Waals surface area contributed by atoms with Gasteiger partial charge in [0.2, 0.25) is 5.91 Å². The second-order valence-corrected chi connectivity index (χ2v) is 6.30. The molecule has 0 N–H and O–H groups in total. The fourth-order valence-corrected chi connectivity index (χ4v) is 2.98. The van der Waals surface area contributed by atoms with Crippen LogP contribution in [0.2, 0.25) is 0 Å². The highest BCUT2D eigenvalue weighted by Crippen LogP contribution is 2.34. The van der Waals surface area contributed by atoms with Crippen LogP contribution >= 0.6 is 0 Å². The van der Waals surface area contributed by atoms with Crippen molar-refractivity contribution in [2.45, 2.75) is 39.4 Å². The van der Waals surface area contributed by atoms with Crippen molar-refractivity contribution in [3.05, 3.63) is 54.4 Å². The fourth-order valence-electron chi connectivity index (χ4n) is 2.98. The van der Waals surface area contributed by atoms with E-state index in [0.717, 1.165) is 42.0 Å². The molecule has 1 aliphatic rings. The van der Waals surface area contributed by atoms with Gasteiger partial charge in [0.25, 0.3) is 0 Å². The number of para-hydroxylation sites is 1. The molecule has 0 saturated heterocycles. The Labute approximate surface area is 154 Å². The van der Waals surface area contributed by atoms with E-state index in [1.165, 1.54) is 6.08 Å². The zero-order chi connectivity index (χ0) is 18.4. The van der Waals surface area contributed by atoms with Gasteiger partial charge in [-0.15, -0.1) is 0 Å². The highest BCUT2D eigenvalue weighted by Gasteiger charge is 2.19. The van der Waals surface area contributed by atoms with Crippen LogP contribution in [-0.2, 0) is 24.4 Å². The zero-order valence-electron chi connectivity index (χ0n) is 15.2. The Morgan fingerprint density at radius 2 is 2.19 bits per heavy atom. The Bertz CT molecular complexity index is 769. The molecular weight excluding hydrogens is 330 g/mol. The predicted octanol–water partition coefficient (Wildman–Crippen LogP) is 3.17. The van der Waals surface area contributed by atoms with Gasteiger partial charge in [0.15, 0.2) is 11.5 Å². The minimum Gasteiger partial charge on any atom is -0.490 e. The first-order valence-corrected chi connectivity index (χ1v) is 9.01. The van der Waals surface area contributed by atoms with Crippen LogP contribution in [0.25, 0.3) is 0 Å². The molecule has 0 atom stereocenters. The summed E-state index contributed by atoms with van der Waals surface area (Å²) in [6.07, 6.45) is 7.00. The lowest BCUT2D eigenvalue weighted by Gasteiger charge is -2.22. The quantitative estimate of drug-likeness (QED) is 0.716. The molecule has 2 aromatic rings. The number of aryl methyl sites for hydroxylation is 1. The maximum Gasteiger partial charge on any atom is 0.246 e. The molecule has 6 nitrogen and oxygen atoms in total. The van der Waals surface area contributed by atoms with Gasteiger partial charge in [0, 0.05) is 36.8 Å². The van der Waals surface area contributed by atoms with Gasteiger partial charge in [-0.05, 0) is 18.6 Å². The first-order chi connectivity index (χ1) is 12.7. The average molecular weight is 355 g/mol. The Kier molecular flexibility index (Phi) is 5.94. The third kappa shape index (κ3) is 4.25. The normalized spacial score (nSPS) is 13.1. The number of fused-ring (bicyclic) bond motifs is 1. The SMILES string of the molecule is C=CC(=O)N(Cc1cnn(CCC)c1)Cc1cccc2c1OCCCO2. The summed E-state index contributed by atoms with van der Waals surface area (Å²) in [5.41, 5.74) is 1.92. The van der Waals surface area contributed by atoms with Crippen molar-refractivity contribution < 1.29 is 14.3 Å². The number of hydrogen-bond acceptors (Lipinski definition) is 4. The molecule has 0 unspecified atom stereocenters. The second kappa shape index (κ2) is 8.56. The molecule has 1 aromatic heterocycles. The lowest BCUT2D eigenvalue weighted by Crippen LogP contribution is -2.28. The molecule has 138 valence electrons. The first-order valence-electron chi connectivity index (χ1n) is 9.01. The van der Waals surface area contributed by atoms with Crippen LogP contribution < -0.4 is 9.47 Å². The first kappa shape index (κ1) is 18.0. The van der Waals surface area contributed by atoms with Crippen molar-refractivity contribution in [3.63, 3.8) is 0 Å². The molecule has 0 fully saturated rings. The molecule has 1 amide bonds. The van der Waals surface area contributed by atoms with Crippen molar-refractivity contribution in [1.29, 1.82) is 0 Å². The summed E-state index contributed by atoms with van der Waals surface area (Å²) in [7, 11) is 0. The van der Waals surface area contributed by atoms with E-state index in [9.17, 15) is 4.79 Å². The lowest BCUT2D eigenvalue weighted by molar-refractivity contribution is -0.127. The highest BCUT2D eigenvalue weighted by molar-refractivity contribution is 5.87. The van der Waals surface area contributed by atoms with Gasteiger partial charge in [-0.2, -0.15) is 5.10 Å². The van der Waals surface area contributed by atoms with Crippen molar-refractivity contribution in [1.82, 2.24) is 14.7 Å². The third-order valence-corrected chi connectivity index (χ3v) is 4.21. The van der Waals surface area contributed by atoms with Crippen LogP contribution in [0.15, 0.2) is 43.2 Å². The molecule has 6 heteroatoms. The molecule has 2 heterocycles. The Balaban J connectivity index is 1.80. The van der Waals surface area contributed by atoms with Crippen LogP contribution in [0.5, 0.6) is 11.5 Å². The molecule has 1 aliphatic heterocycles. The predicted molar refractivity (Wildman–Crippen MR) is 99.0 cm³/mol. The summed E-state index contributed by atoms with van der Waals surface area (Å²) < 4.78 is 13.5. The molecule has 26 heavy (non-hydrogen) atoms. The van der Waals surface area contributed by atoms with E-state index in [2.05, 4.69) is 18.6 Å². The van der Waals surface area contributed by atoms with Gasteiger partial charge < -0.3 is 14.4 Å². The van der Waals surface area contributed by atoms with E-state index in [1.54, 1.807) is 4.90 Å². The van der Waals surface area contributed by atoms with Crippen molar-refractivity contribution in [2.75, 3.05) is 13.2 Å². The fraction of sp³-hybridized carbons (Fsp3) is 0.400. The number of aromatic nitrogens is 2. The van der Waals surface area contributed by atoms with Crippen LogP contribution in [0.3, 0.4) is 0 Å². The summed E-state index contributed by atoms with van der Waals surface area (Å²) >= 11 is 0. The van der Waals surface area contributed by atoms with E-state index >= 15 is 0 Å². The lowest BCUT2D eigenvalue weighted by atomic mass is 10.1. The minimum atomic E-state index is -0.125. The number of carbonyl (C=O) groups excluding carboxylic acids is 1. The monoisotopic (exact) mass is 355 g/mol. The van der Waals surface area contributed by atoms with E-state index in [-0.39, 0.29) is 5.91 Å². The largest absolute Gasteiger partial charge is 0.490 e. The number of nitrogens with zero attached hydrogens (tertiary/aromatic N) is 3. The average Bonchev–Trinajstić information content (AvgIpc) is 2.94. The van der Waals surface area contributed by atoms with E-state index < -0.39 is 0 Å². The molecular formula is C20H25N3O3. The maximum atomic E-state index is 12.4. The topological polar surface area (TPSA) is 56.6 Å². The van der Waals surface area contributed by atoms with E-state index in [1.807, 2.05) is 35.3 Å². The molecule has 3 rings (SSSR count). The van der Waals surface area contributed by atoms with E-state index in [0.29, 0.717) is 26.3 Å². The van der Waals surface area contributed by atoms with Crippen molar-refractivity contribution in [2.24, 2.45) is 0 Å². The van der Waals surface area contributed by atoms with Gasteiger partial charge in [0.05, 0.1) is 26.0 Å². The van der Waals surface area contributed by atoms with Crippen molar-refractivity contribution in [3.8, 4) is 11.5 Å². The Morgan fingerprint density at radius 1 is 1.35 bits per heavy atom. The number of rotatable bonds is 7. The van der Waals surface area contributed by atoms with E-state index in [4.69, 9.17) is 9.47 Å². The summed E-state index contributed by atoms with van der Waals surface area (Å²) in [5, 5.41) is 4.34. The number of hydrogen-bond donors (Lipinski definition) is 0. The molecule has 0 spiro atoms. The number of ether oxygens (including phenoxy) is 2. The molecule has 0 saturated carbocycles. The Morgan fingerprint density at radius 3 is 3.00 bits per heavy atom. The van der Waals surface area contributed by atoms with Gasteiger partial charge in [-0.3, -0.25) is 9.48 Å². The second-order valence-electron chi connectivity index (χ2n) is 6.30. The van der Waals surface area contributed by atoms with Gasteiger partial charge in [-0.1, -0.05) is 25.6 Å². The summed E-state index contributed by atoms with van der Waals surface area (Å²) in [6, 6.07) is 5.80. The molecule has 1 aromatic carbocycles. The van der Waals surface area contributed by atoms with Crippen LogP contribution in [0, 0.1) is 0 Å². The highest BCUT2D eigenvalue weighted by atomic mass is 16.5. The number of amides is 1. The molecule has 0 bridgehead atoms. The summed E-state index contributed by atoms with van der Waals surface area (Å²) in [4.78, 5) is 14.1. The van der Waals surface area contributed by atoms with Gasteiger partial charge >= 0.3 is 0 Å². The smallest absolute Gasteiger partial charge is 0.246 e. The van der Waals surface area contributed by atoms with Crippen LogP contribution in [-0.4, -0.2) is 33.8 Å². The summed E-state index contributed by atoms with van der Waals surface area (Å²) in [6.45, 7) is 8.76. The minimum absolute atomic E-state index is 0.125. The van der Waals surface area contributed by atoms with Gasteiger partial charge in [0.1, 0.15) is 0 Å².